The van der Waals surface area contributed by atoms with Crippen molar-refractivity contribution in [2.75, 3.05) is 26.8 Å². The van der Waals surface area contributed by atoms with E-state index in [-0.39, 0.29) is 12.5 Å². The number of hydrogen-bond acceptors (Lipinski definition) is 4. The summed E-state index contributed by atoms with van der Waals surface area (Å²) in [7, 11) is 1.51. The maximum Gasteiger partial charge on any atom is 0.326 e. The van der Waals surface area contributed by atoms with Crippen molar-refractivity contribution in [3.63, 3.8) is 0 Å². The molecule has 3 amide bonds. The summed E-state index contributed by atoms with van der Waals surface area (Å²) in [6, 6.07) is -1.74. The number of amides is 3. The number of rotatable bonds is 7. The molecule has 0 spiro atoms. The first kappa shape index (κ1) is 18.2. The van der Waals surface area contributed by atoms with Crippen LogP contribution in [-0.4, -0.2) is 55.9 Å². The van der Waals surface area contributed by atoms with Gasteiger partial charge in [-0.25, -0.2) is 9.59 Å². The van der Waals surface area contributed by atoms with Gasteiger partial charge in [-0.3, -0.25) is 4.79 Å². The van der Waals surface area contributed by atoms with E-state index in [0.29, 0.717) is 13.2 Å². The number of urea groups is 1. The smallest absolute Gasteiger partial charge is 0.326 e. The molecule has 0 bridgehead atoms. The largest absolute Gasteiger partial charge is 0.480 e. The summed E-state index contributed by atoms with van der Waals surface area (Å²) in [6.45, 7) is 5.59. The van der Waals surface area contributed by atoms with E-state index in [1.165, 1.54) is 7.11 Å². The number of carboxylic acid groups (broad SMARTS) is 1. The molecule has 0 fully saturated rings. The third-order valence-electron chi connectivity index (χ3n) is 2.43. The summed E-state index contributed by atoms with van der Waals surface area (Å²) >= 11 is 0. The van der Waals surface area contributed by atoms with Gasteiger partial charge in [0.1, 0.15) is 6.04 Å². The van der Waals surface area contributed by atoms with Crippen LogP contribution in [0.1, 0.15) is 20.8 Å². The second-order valence-corrected chi connectivity index (χ2v) is 5.31. The SMILES string of the molecule is COCCNC(=O)CNC(=O)N[C@H](C(=O)O)C(C)(C)C. The molecular weight excluding hydrogens is 266 g/mol. The Morgan fingerprint density at radius 2 is 1.80 bits per heavy atom. The molecule has 0 radical (unpaired) electrons. The molecule has 0 saturated carbocycles. The fourth-order valence-corrected chi connectivity index (χ4v) is 1.35. The Hall–Kier alpha value is -1.83. The van der Waals surface area contributed by atoms with Crippen LogP contribution in [0.15, 0.2) is 0 Å². The van der Waals surface area contributed by atoms with Gasteiger partial charge in [-0.05, 0) is 5.41 Å². The van der Waals surface area contributed by atoms with E-state index >= 15 is 0 Å². The van der Waals surface area contributed by atoms with Gasteiger partial charge < -0.3 is 25.8 Å². The van der Waals surface area contributed by atoms with Crippen molar-refractivity contribution < 1.29 is 24.2 Å². The van der Waals surface area contributed by atoms with Crippen molar-refractivity contribution in [3.8, 4) is 0 Å². The summed E-state index contributed by atoms with van der Waals surface area (Å²) in [5.41, 5.74) is -0.635. The maximum atomic E-state index is 11.5. The highest BCUT2D eigenvalue weighted by molar-refractivity contribution is 5.86. The molecule has 8 heteroatoms. The third-order valence-corrected chi connectivity index (χ3v) is 2.43. The molecule has 116 valence electrons. The number of carbonyl (C=O) groups is 3. The normalized spacial score (nSPS) is 12.4. The first-order valence-electron chi connectivity index (χ1n) is 6.21. The molecule has 0 aliphatic heterocycles. The zero-order valence-corrected chi connectivity index (χ0v) is 12.3. The topological polar surface area (TPSA) is 117 Å². The molecule has 0 aromatic rings. The second-order valence-electron chi connectivity index (χ2n) is 5.31. The molecule has 0 aliphatic rings. The monoisotopic (exact) mass is 289 g/mol. The van der Waals surface area contributed by atoms with E-state index < -0.39 is 23.5 Å². The van der Waals surface area contributed by atoms with E-state index in [2.05, 4.69) is 16.0 Å². The first-order valence-corrected chi connectivity index (χ1v) is 6.21. The summed E-state index contributed by atoms with van der Waals surface area (Å²) in [4.78, 5) is 33.9. The molecular formula is C12H23N3O5. The zero-order valence-electron chi connectivity index (χ0n) is 12.3. The Bertz CT molecular complexity index is 351. The van der Waals surface area contributed by atoms with E-state index in [1.54, 1.807) is 20.8 Å². The summed E-state index contributed by atoms with van der Waals surface area (Å²) in [5.74, 6) is -1.50. The third kappa shape index (κ3) is 7.57. The Labute approximate surface area is 118 Å². The number of ether oxygens (including phenoxy) is 1. The average Bonchev–Trinajstić information content (AvgIpc) is 2.32. The number of carboxylic acids is 1. The van der Waals surface area contributed by atoms with Crippen LogP contribution in [-0.2, 0) is 14.3 Å². The van der Waals surface area contributed by atoms with Gasteiger partial charge in [0, 0.05) is 13.7 Å². The number of hydrogen-bond donors (Lipinski definition) is 4. The van der Waals surface area contributed by atoms with Crippen molar-refractivity contribution >= 4 is 17.9 Å². The number of aliphatic carboxylic acids is 1. The van der Waals surface area contributed by atoms with Crippen LogP contribution in [0.5, 0.6) is 0 Å². The molecule has 8 nitrogen and oxygen atoms in total. The molecule has 0 aromatic heterocycles. The van der Waals surface area contributed by atoms with Crippen molar-refractivity contribution in [3.05, 3.63) is 0 Å². The van der Waals surface area contributed by atoms with Crippen LogP contribution in [0.3, 0.4) is 0 Å². The molecule has 0 unspecified atom stereocenters. The van der Waals surface area contributed by atoms with Crippen molar-refractivity contribution in [2.45, 2.75) is 26.8 Å². The molecule has 0 heterocycles. The van der Waals surface area contributed by atoms with Crippen molar-refractivity contribution in [1.29, 1.82) is 0 Å². The predicted octanol–water partition coefficient (Wildman–Crippen LogP) is -0.452. The lowest BCUT2D eigenvalue weighted by molar-refractivity contribution is -0.141. The lowest BCUT2D eigenvalue weighted by Crippen LogP contribution is -2.53. The Balaban J connectivity index is 4.15. The van der Waals surface area contributed by atoms with Crippen molar-refractivity contribution in [2.24, 2.45) is 5.41 Å². The van der Waals surface area contributed by atoms with Crippen LogP contribution >= 0.6 is 0 Å². The van der Waals surface area contributed by atoms with Gasteiger partial charge >= 0.3 is 12.0 Å². The predicted molar refractivity (Wildman–Crippen MR) is 72.3 cm³/mol. The van der Waals surface area contributed by atoms with Crippen LogP contribution in [0.4, 0.5) is 4.79 Å². The maximum absolute atomic E-state index is 11.5. The highest BCUT2D eigenvalue weighted by Gasteiger charge is 2.32. The number of carbonyl (C=O) groups excluding carboxylic acids is 2. The summed E-state index contributed by atoms with van der Waals surface area (Å²) in [6.07, 6.45) is 0. The van der Waals surface area contributed by atoms with Gasteiger partial charge in [-0.15, -0.1) is 0 Å². The Morgan fingerprint density at radius 1 is 1.20 bits per heavy atom. The van der Waals surface area contributed by atoms with Crippen LogP contribution < -0.4 is 16.0 Å². The minimum Gasteiger partial charge on any atom is -0.480 e. The lowest BCUT2D eigenvalue weighted by atomic mass is 9.87. The van der Waals surface area contributed by atoms with Crippen LogP contribution in [0.2, 0.25) is 0 Å². The first-order chi connectivity index (χ1) is 9.18. The molecule has 0 rings (SSSR count). The molecule has 20 heavy (non-hydrogen) atoms. The van der Waals surface area contributed by atoms with Gasteiger partial charge in [0.2, 0.25) is 5.91 Å². The highest BCUT2D eigenvalue weighted by atomic mass is 16.5. The minimum absolute atomic E-state index is 0.230. The second kappa shape index (κ2) is 8.36. The Kier molecular flexibility index (Phi) is 7.60. The van der Waals surface area contributed by atoms with Crippen LogP contribution in [0.25, 0.3) is 0 Å². The molecule has 1 atom stereocenters. The van der Waals surface area contributed by atoms with Gasteiger partial charge in [-0.2, -0.15) is 0 Å². The highest BCUT2D eigenvalue weighted by Crippen LogP contribution is 2.19. The van der Waals surface area contributed by atoms with Crippen molar-refractivity contribution in [1.82, 2.24) is 16.0 Å². The fourth-order valence-electron chi connectivity index (χ4n) is 1.35. The van der Waals surface area contributed by atoms with E-state index in [4.69, 9.17) is 9.84 Å². The molecule has 4 N–H and O–H groups in total. The Morgan fingerprint density at radius 3 is 2.25 bits per heavy atom. The van der Waals surface area contributed by atoms with Gasteiger partial charge in [-0.1, -0.05) is 20.8 Å². The minimum atomic E-state index is -1.13. The zero-order chi connectivity index (χ0) is 15.8. The number of methoxy groups -OCH3 is 1. The lowest BCUT2D eigenvalue weighted by Gasteiger charge is -2.27. The quantitative estimate of drug-likeness (QED) is 0.473. The van der Waals surface area contributed by atoms with E-state index in [9.17, 15) is 14.4 Å². The number of nitrogens with one attached hydrogen (secondary N) is 3. The van der Waals surface area contributed by atoms with E-state index in [1.807, 2.05) is 0 Å². The molecule has 0 aliphatic carbocycles. The molecule has 0 aromatic carbocycles. The fraction of sp³-hybridized carbons (Fsp3) is 0.750. The summed E-state index contributed by atoms with van der Waals surface area (Å²) in [5, 5.41) is 16.2. The standard InChI is InChI=1S/C12H23N3O5/c1-12(2,3)9(10(17)18)15-11(19)14-7-8(16)13-5-6-20-4/h9H,5-7H2,1-4H3,(H,13,16)(H,17,18)(H2,14,15,19)/t9-/m1/s1. The van der Waals surface area contributed by atoms with Gasteiger partial charge in [0.05, 0.1) is 13.2 Å². The molecule has 0 saturated heterocycles. The van der Waals surface area contributed by atoms with Crippen LogP contribution in [0, 0.1) is 5.41 Å². The average molecular weight is 289 g/mol. The van der Waals surface area contributed by atoms with Gasteiger partial charge in [0.15, 0.2) is 0 Å². The van der Waals surface area contributed by atoms with E-state index in [0.717, 1.165) is 0 Å². The van der Waals surface area contributed by atoms with Gasteiger partial charge in [0.25, 0.3) is 0 Å². The summed E-state index contributed by atoms with van der Waals surface area (Å²) < 4.78 is 4.75.